The predicted octanol–water partition coefficient (Wildman–Crippen LogP) is 5.22. The van der Waals surface area contributed by atoms with Gasteiger partial charge in [0.05, 0.1) is 22.3 Å². The number of pyridine rings is 1. The fourth-order valence-corrected chi connectivity index (χ4v) is 5.46. The number of hydrogen-bond acceptors (Lipinski definition) is 5. The van der Waals surface area contributed by atoms with E-state index < -0.39 is 5.91 Å². The van der Waals surface area contributed by atoms with Crippen LogP contribution < -0.4 is 5.32 Å². The number of para-hydroxylation sites is 1. The molecule has 37 heavy (non-hydrogen) atoms. The Balaban J connectivity index is 1.29. The number of carbonyl (C=O) groups is 3. The average molecular weight is 494 g/mol. The van der Waals surface area contributed by atoms with Gasteiger partial charge < -0.3 is 5.32 Å². The highest BCUT2D eigenvalue weighted by molar-refractivity contribution is 6.22. The van der Waals surface area contributed by atoms with E-state index in [1.807, 2.05) is 44.2 Å². The van der Waals surface area contributed by atoms with E-state index in [0.717, 1.165) is 54.3 Å². The van der Waals surface area contributed by atoms with Crippen molar-refractivity contribution in [1.29, 1.82) is 0 Å². The topological polar surface area (TPSA) is 97.2 Å². The standard InChI is InChI=1S/C29H27N5O3/c1-17-14-25(30-24-11-7-6-10-21(17)24)34-26(15-18(2)32-34)31-27(35)19-12-13-22-23(16-19)29(37)33(28(22)36)20-8-4-3-5-9-20/h6-7,10-16,20H,3-5,8-9H2,1-2H3,(H,31,35). The second-order valence-corrected chi connectivity index (χ2v) is 9.88. The van der Waals surface area contributed by atoms with Crippen LogP contribution in [0.1, 0.15) is 74.4 Å². The molecule has 2 aromatic carbocycles. The maximum Gasteiger partial charge on any atom is 0.261 e. The van der Waals surface area contributed by atoms with Gasteiger partial charge in [0.15, 0.2) is 5.82 Å². The van der Waals surface area contributed by atoms with E-state index >= 15 is 0 Å². The first-order valence-corrected chi connectivity index (χ1v) is 12.7. The molecule has 2 aliphatic rings. The lowest BCUT2D eigenvalue weighted by Crippen LogP contribution is -2.40. The first-order chi connectivity index (χ1) is 17.9. The van der Waals surface area contributed by atoms with Gasteiger partial charge in [0.2, 0.25) is 0 Å². The third-order valence-electron chi connectivity index (χ3n) is 7.32. The average Bonchev–Trinajstić information content (AvgIpc) is 3.40. The minimum absolute atomic E-state index is 0.0614. The fraction of sp³-hybridized carbons (Fsp3) is 0.276. The maximum atomic E-state index is 13.3. The monoisotopic (exact) mass is 493 g/mol. The lowest BCUT2D eigenvalue weighted by molar-refractivity contribution is 0.0548. The summed E-state index contributed by atoms with van der Waals surface area (Å²) in [6, 6.07) is 16.2. The van der Waals surface area contributed by atoms with E-state index in [1.54, 1.807) is 22.9 Å². The number of benzene rings is 2. The second kappa shape index (κ2) is 8.96. The van der Waals surface area contributed by atoms with Gasteiger partial charge in [-0.05, 0) is 62.6 Å². The smallest absolute Gasteiger partial charge is 0.261 e. The van der Waals surface area contributed by atoms with Crippen molar-refractivity contribution >= 4 is 34.4 Å². The van der Waals surface area contributed by atoms with Crippen molar-refractivity contribution in [2.75, 3.05) is 5.32 Å². The lowest BCUT2D eigenvalue weighted by Gasteiger charge is -2.29. The maximum absolute atomic E-state index is 13.3. The molecule has 0 atom stereocenters. The van der Waals surface area contributed by atoms with Crippen molar-refractivity contribution in [3.05, 3.63) is 82.5 Å². The van der Waals surface area contributed by atoms with Crippen LogP contribution in [0.3, 0.4) is 0 Å². The molecule has 0 unspecified atom stereocenters. The normalized spacial score (nSPS) is 15.9. The predicted molar refractivity (Wildman–Crippen MR) is 140 cm³/mol. The Labute approximate surface area is 214 Å². The number of rotatable bonds is 4. The molecule has 0 radical (unpaired) electrons. The van der Waals surface area contributed by atoms with Gasteiger partial charge in [-0.3, -0.25) is 19.3 Å². The Hall–Kier alpha value is -4.33. The molecule has 186 valence electrons. The zero-order chi connectivity index (χ0) is 25.7. The van der Waals surface area contributed by atoms with Crippen molar-refractivity contribution in [3.63, 3.8) is 0 Å². The first-order valence-electron chi connectivity index (χ1n) is 12.7. The first kappa shape index (κ1) is 23.1. The van der Waals surface area contributed by atoms with Crippen LogP contribution in [-0.4, -0.2) is 43.4 Å². The van der Waals surface area contributed by atoms with Gasteiger partial charge in [-0.2, -0.15) is 9.78 Å². The van der Waals surface area contributed by atoms with E-state index in [4.69, 9.17) is 4.98 Å². The number of hydrogen-bond donors (Lipinski definition) is 1. The van der Waals surface area contributed by atoms with Gasteiger partial charge in [0.1, 0.15) is 5.82 Å². The summed E-state index contributed by atoms with van der Waals surface area (Å²) in [7, 11) is 0. The minimum Gasteiger partial charge on any atom is -0.306 e. The van der Waals surface area contributed by atoms with E-state index in [9.17, 15) is 14.4 Å². The molecule has 1 aliphatic heterocycles. The van der Waals surface area contributed by atoms with Crippen LogP contribution in [0.25, 0.3) is 16.7 Å². The second-order valence-electron chi connectivity index (χ2n) is 9.88. The van der Waals surface area contributed by atoms with Gasteiger partial charge in [-0.15, -0.1) is 0 Å². The molecule has 0 spiro atoms. The summed E-state index contributed by atoms with van der Waals surface area (Å²) in [5.41, 5.74) is 3.57. The third-order valence-corrected chi connectivity index (χ3v) is 7.32. The molecular formula is C29H27N5O3. The highest BCUT2D eigenvalue weighted by atomic mass is 16.2. The summed E-state index contributed by atoms with van der Waals surface area (Å²) in [4.78, 5) is 45.6. The number of nitrogens with zero attached hydrogens (tertiary/aromatic N) is 4. The van der Waals surface area contributed by atoms with Gasteiger partial charge in [-0.1, -0.05) is 37.5 Å². The summed E-state index contributed by atoms with van der Waals surface area (Å²) < 4.78 is 1.61. The molecule has 6 rings (SSSR count). The minimum atomic E-state index is -0.391. The van der Waals surface area contributed by atoms with Gasteiger partial charge >= 0.3 is 0 Å². The fourth-order valence-electron chi connectivity index (χ4n) is 5.46. The van der Waals surface area contributed by atoms with Crippen molar-refractivity contribution in [2.45, 2.75) is 52.0 Å². The quantitative estimate of drug-likeness (QED) is 0.393. The molecule has 1 fully saturated rings. The Bertz CT molecular complexity index is 1580. The van der Waals surface area contributed by atoms with Crippen molar-refractivity contribution in [1.82, 2.24) is 19.7 Å². The third kappa shape index (κ3) is 3.98. The number of fused-ring (bicyclic) bond motifs is 2. The number of nitrogens with one attached hydrogen (secondary N) is 1. The van der Waals surface area contributed by atoms with Crippen molar-refractivity contribution in [3.8, 4) is 5.82 Å². The summed E-state index contributed by atoms with van der Waals surface area (Å²) >= 11 is 0. The summed E-state index contributed by atoms with van der Waals surface area (Å²) in [5.74, 6) is 0.107. The van der Waals surface area contributed by atoms with Crippen LogP contribution in [-0.2, 0) is 0 Å². The van der Waals surface area contributed by atoms with Crippen LogP contribution in [0.15, 0.2) is 54.6 Å². The number of amides is 3. The van der Waals surface area contributed by atoms with Crippen LogP contribution in [0.4, 0.5) is 5.82 Å². The molecule has 0 bridgehead atoms. The zero-order valence-electron chi connectivity index (χ0n) is 20.8. The van der Waals surface area contributed by atoms with E-state index in [1.165, 1.54) is 11.0 Å². The molecular weight excluding hydrogens is 466 g/mol. The molecule has 3 heterocycles. The van der Waals surface area contributed by atoms with Crippen LogP contribution >= 0.6 is 0 Å². The number of imide groups is 1. The molecule has 2 aromatic heterocycles. The van der Waals surface area contributed by atoms with Gasteiger partial charge in [0, 0.05) is 23.1 Å². The highest BCUT2D eigenvalue weighted by Gasteiger charge is 2.40. The van der Waals surface area contributed by atoms with Crippen LogP contribution in [0.5, 0.6) is 0 Å². The van der Waals surface area contributed by atoms with E-state index in [-0.39, 0.29) is 17.9 Å². The summed E-state index contributed by atoms with van der Waals surface area (Å²) in [6.45, 7) is 3.86. The molecule has 4 aromatic rings. The number of anilines is 1. The van der Waals surface area contributed by atoms with E-state index in [0.29, 0.717) is 28.3 Å². The van der Waals surface area contributed by atoms with Crippen LogP contribution in [0.2, 0.25) is 0 Å². The largest absolute Gasteiger partial charge is 0.306 e. The molecule has 1 aliphatic carbocycles. The Morgan fingerprint density at radius 3 is 2.49 bits per heavy atom. The molecule has 1 N–H and O–H groups in total. The molecule has 8 heteroatoms. The Kier molecular flexibility index (Phi) is 5.59. The zero-order valence-corrected chi connectivity index (χ0v) is 20.8. The number of aryl methyl sites for hydroxylation is 2. The lowest BCUT2D eigenvalue weighted by atomic mass is 9.94. The van der Waals surface area contributed by atoms with Crippen molar-refractivity contribution in [2.24, 2.45) is 0 Å². The molecule has 0 saturated heterocycles. The molecule has 1 saturated carbocycles. The summed E-state index contributed by atoms with van der Waals surface area (Å²) in [6.07, 6.45) is 4.85. The molecule has 3 amide bonds. The number of aromatic nitrogens is 3. The van der Waals surface area contributed by atoms with Gasteiger partial charge in [0.25, 0.3) is 17.7 Å². The van der Waals surface area contributed by atoms with Crippen LogP contribution in [0, 0.1) is 13.8 Å². The molecule has 8 nitrogen and oxygen atoms in total. The van der Waals surface area contributed by atoms with Crippen molar-refractivity contribution < 1.29 is 14.4 Å². The van der Waals surface area contributed by atoms with Gasteiger partial charge in [-0.25, -0.2) is 4.98 Å². The van der Waals surface area contributed by atoms with E-state index in [2.05, 4.69) is 10.4 Å². The SMILES string of the molecule is Cc1cc(NC(=O)c2ccc3c(c2)C(=O)N(C2CCCCC2)C3=O)n(-c2cc(C)c3ccccc3n2)n1. The summed E-state index contributed by atoms with van der Waals surface area (Å²) in [5, 5.41) is 8.52. The number of carbonyl (C=O) groups excluding carboxylic acids is 3. The highest BCUT2D eigenvalue weighted by Crippen LogP contribution is 2.32. The Morgan fingerprint density at radius 1 is 0.919 bits per heavy atom. The Morgan fingerprint density at radius 2 is 1.68 bits per heavy atom.